The lowest BCUT2D eigenvalue weighted by atomic mass is 9.99. The lowest BCUT2D eigenvalue weighted by Gasteiger charge is -2.33. The molecule has 1 aliphatic heterocycles. The smallest absolute Gasteiger partial charge is 0.406 e. The number of halogens is 3. The number of hydrogen-bond acceptors (Lipinski definition) is 3. The summed E-state index contributed by atoms with van der Waals surface area (Å²) in [5.74, 6) is -0.212. The lowest BCUT2D eigenvalue weighted by molar-refractivity contribution is -0.274. The van der Waals surface area contributed by atoms with Crippen LogP contribution in [0.3, 0.4) is 0 Å². The van der Waals surface area contributed by atoms with Gasteiger partial charge in [0.1, 0.15) is 5.75 Å². The van der Waals surface area contributed by atoms with E-state index in [9.17, 15) is 13.2 Å². The van der Waals surface area contributed by atoms with Crippen LogP contribution in [0.5, 0.6) is 5.75 Å². The molecular weight excluding hydrogens is 271 g/mol. The standard InChI is InChI=1S/C14H18F3NO2/c1-9-6-12(7-10(2)19-9)18-11-4-3-5-13(8-11)20-14(15,16)17/h3-5,8-10,12,18H,6-7H2,1-2H3. The van der Waals surface area contributed by atoms with Gasteiger partial charge in [-0.2, -0.15) is 0 Å². The van der Waals surface area contributed by atoms with Gasteiger partial charge in [0.25, 0.3) is 0 Å². The second-order valence-electron chi connectivity index (χ2n) is 5.15. The maximum atomic E-state index is 12.2. The van der Waals surface area contributed by atoms with E-state index in [0.717, 1.165) is 12.8 Å². The van der Waals surface area contributed by atoms with E-state index in [1.54, 1.807) is 6.07 Å². The Kier molecular flexibility index (Phi) is 4.42. The second kappa shape index (κ2) is 5.91. The summed E-state index contributed by atoms with van der Waals surface area (Å²) >= 11 is 0. The first-order chi connectivity index (χ1) is 9.32. The van der Waals surface area contributed by atoms with Crippen molar-refractivity contribution in [1.82, 2.24) is 0 Å². The minimum atomic E-state index is -4.67. The topological polar surface area (TPSA) is 30.5 Å². The predicted molar refractivity (Wildman–Crippen MR) is 69.8 cm³/mol. The maximum absolute atomic E-state index is 12.2. The van der Waals surface area contributed by atoms with Crippen LogP contribution >= 0.6 is 0 Å². The van der Waals surface area contributed by atoms with E-state index in [1.165, 1.54) is 18.2 Å². The van der Waals surface area contributed by atoms with Crippen molar-refractivity contribution in [1.29, 1.82) is 0 Å². The molecule has 112 valence electrons. The van der Waals surface area contributed by atoms with Gasteiger partial charge in [0.05, 0.1) is 12.2 Å². The lowest BCUT2D eigenvalue weighted by Crippen LogP contribution is -2.36. The summed E-state index contributed by atoms with van der Waals surface area (Å²) in [6.45, 7) is 3.99. The summed E-state index contributed by atoms with van der Waals surface area (Å²) in [5.41, 5.74) is 0.623. The number of anilines is 1. The van der Waals surface area contributed by atoms with Crippen molar-refractivity contribution in [2.75, 3.05) is 5.32 Å². The van der Waals surface area contributed by atoms with Gasteiger partial charge in [0.2, 0.25) is 0 Å². The van der Waals surface area contributed by atoms with Crippen LogP contribution in [0.4, 0.5) is 18.9 Å². The Morgan fingerprint density at radius 3 is 2.45 bits per heavy atom. The fourth-order valence-electron chi connectivity index (χ4n) is 2.54. The summed E-state index contributed by atoms with van der Waals surface area (Å²) in [5, 5.41) is 3.24. The van der Waals surface area contributed by atoms with Crippen LogP contribution in [0.25, 0.3) is 0 Å². The van der Waals surface area contributed by atoms with Gasteiger partial charge >= 0.3 is 6.36 Å². The number of hydrogen-bond donors (Lipinski definition) is 1. The van der Waals surface area contributed by atoms with Gasteiger partial charge in [0.15, 0.2) is 0 Å². The van der Waals surface area contributed by atoms with Crippen molar-refractivity contribution in [3.05, 3.63) is 24.3 Å². The molecule has 0 spiro atoms. The number of nitrogens with one attached hydrogen (secondary N) is 1. The Hall–Kier alpha value is -1.43. The number of ether oxygens (including phenoxy) is 2. The van der Waals surface area contributed by atoms with Gasteiger partial charge in [-0.3, -0.25) is 0 Å². The van der Waals surface area contributed by atoms with Gasteiger partial charge in [0, 0.05) is 17.8 Å². The van der Waals surface area contributed by atoms with Crippen LogP contribution in [0, 0.1) is 0 Å². The molecule has 3 nitrogen and oxygen atoms in total. The van der Waals surface area contributed by atoms with Crippen molar-refractivity contribution in [2.45, 2.75) is 51.3 Å². The van der Waals surface area contributed by atoms with Crippen molar-refractivity contribution in [2.24, 2.45) is 0 Å². The van der Waals surface area contributed by atoms with Crippen LogP contribution in [0.2, 0.25) is 0 Å². The number of rotatable bonds is 3. The SMILES string of the molecule is CC1CC(Nc2cccc(OC(F)(F)F)c2)CC(C)O1. The molecule has 1 N–H and O–H groups in total. The molecule has 0 aliphatic carbocycles. The van der Waals surface area contributed by atoms with E-state index in [0.29, 0.717) is 5.69 Å². The Morgan fingerprint density at radius 1 is 1.20 bits per heavy atom. The quantitative estimate of drug-likeness (QED) is 0.914. The van der Waals surface area contributed by atoms with Crippen LogP contribution < -0.4 is 10.1 Å². The molecule has 0 amide bonds. The van der Waals surface area contributed by atoms with Crippen molar-refractivity contribution < 1.29 is 22.6 Å². The minimum absolute atomic E-state index is 0.144. The Labute approximate surface area is 116 Å². The molecule has 1 saturated heterocycles. The minimum Gasteiger partial charge on any atom is -0.406 e. The van der Waals surface area contributed by atoms with Gasteiger partial charge in [-0.05, 0) is 38.8 Å². The first-order valence-electron chi connectivity index (χ1n) is 6.59. The highest BCUT2D eigenvalue weighted by Crippen LogP contribution is 2.27. The molecule has 2 rings (SSSR count). The summed E-state index contributed by atoms with van der Waals surface area (Å²) in [6, 6.07) is 6.10. The van der Waals surface area contributed by atoms with Crippen LogP contribution in [0.1, 0.15) is 26.7 Å². The van der Waals surface area contributed by atoms with E-state index >= 15 is 0 Å². The molecule has 20 heavy (non-hydrogen) atoms. The molecule has 1 aromatic rings. The molecule has 2 unspecified atom stereocenters. The zero-order valence-corrected chi connectivity index (χ0v) is 11.4. The van der Waals surface area contributed by atoms with Crippen LogP contribution in [-0.4, -0.2) is 24.6 Å². The molecule has 2 atom stereocenters. The number of alkyl halides is 3. The third-order valence-corrected chi connectivity index (χ3v) is 3.14. The highest BCUT2D eigenvalue weighted by molar-refractivity contribution is 5.49. The van der Waals surface area contributed by atoms with Gasteiger partial charge in [-0.25, -0.2) is 0 Å². The monoisotopic (exact) mass is 289 g/mol. The molecule has 1 aliphatic rings. The molecule has 0 saturated carbocycles. The summed E-state index contributed by atoms with van der Waals surface area (Å²) in [7, 11) is 0. The maximum Gasteiger partial charge on any atom is 0.573 e. The molecule has 0 radical (unpaired) electrons. The molecule has 0 aromatic heterocycles. The molecule has 1 fully saturated rings. The molecular formula is C14H18F3NO2. The Balaban J connectivity index is 2.00. The van der Waals surface area contributed by atoms with E-state index in [-0.39, 0.29) is 24.0 Å². The average Bonchev–Trinajstić information content (AvgIpc) is 2.25. The highest BCUT2D eigenvalue weighted by atomic mass is 19.4. The van der Waals surface area contributed by atoms with Crippen molar-refractivity contribution in [3.63, 3.8) is 0 Å². The average molecular weight is 289 g/mol. The third-order valence-electron chi connectivity index (χ3n) is 3.14. The van der Waals surface area contributed by atoms with Gasteiger partial charge in [-0.15, -0.1) is 13.2 Å². The fourth-order valence-corrected chi connectivity index (χ4v) is 2.54. The van der Waals surface area contributed by atoms with E-state index < -0.39 is 6.36 Å². The summed E-state index contributed by atoms with van der Waals surface area (Å²) in [6.07, 6.45) is -2.72. The summed E-state index contributed by atoms with van der Waals surface area (Å²) in [4.78, 5) is 0. The molecule has 0 bridgehead atoms. The van der Waals surface area contributed by atoms with Crippen molar-refractivity contribution >= 4 is 5.69 Å². The fraction of sp³-hybridized carbons (Fsp3) is 0.571. The van der Waals surface area contributed by atoms with Gasteiger partial charge < -0.3 is 14.8 Å². The van der Waals surface area contributed by atoms with E-state index in [4.69, 9.17) is 4.74 Å². The largest absolute Gasteiger partial charge is 0.573 e. The molecule has 1 heterocycles. The highest BCUT2D eigenvalue weighted by Gasteiger charge is 2.31. The third kappa shape index (κ3) is 4.59. The Bertz CT molecular complexity index is 440. The van der Waals surface area contributed by atoms with Crippen molar-refractivity contribution in [3.8, 4) is 5.75 Å². The van der Waals surface area contributed by atoms with E-state index in [1.807, 2.05) is 13.8 Å². The second-order valence-corrected chi connectivity index (χ2v) is 5.15. The zero-order valence-electron chi connectivity index (χ0n) is 11.4. The molecule has 6 heteroatoms. The predicted octanol–water partition coefficient (Wildman–Crippen LogP) is 3.95. The van der Waals surface area contributed by atoms with Crippen LogP contribution in [0.15, 0.2) is 24.3 Å². The van der Waals surface area contributed by atoms with Crippen LogP contribution in [-0.2, 0) is 4.74 Å². The molecule has 1 aromatic carbocycles. The first kappa shape index (κ1) is 15.0. The van der Waals surface area contributed by atoms with E-state index in [2.05, 4.69) is 10.1 Å². The first-order valence-corrected chi connectivity index (χ1v) is 6.59. The number of benzene rings is 1. The zero-order chi connectivity index (χ0) is 14.8. The normalized spacial score (nSPS) is 27.1. The Morgan fingerprint density at radius 2 is 1.85 bits per heavy atom. The van der Waals surface area contributed by atoms with Gasteiger partial charge in [-0.1, -0.05) is 6.07 Å². The summed E-state index contributed by atoms with van der Waals surface area (Å²) < 4.78 is 46.1.